The molecule has 0 atom stereocenters. The van der Waals surface area contributed by atoms with Crippen LogP contribution in [0.15, 0.2) is 18.2 Å². The van der Waals surface area contributed by atoms with Gasteiger partial charge in [-0.25, -0.2) is 0 Å². The van der Waals surface area contributed by atoms with Crippen LogP contribution in [0.2, 0.25) is 5.02 Å². The Balaban J connectivity index is 1.64. The van der Waals surface area contributed by atoms with Gasteiger partial charge in [-0.1, -0.05) is 11.6 Å². The predicted octanol–water partition coefficient (Wildman–Crippen LogP) is 3.68. The SMILES string of the molecule is CC(C)OC1CCC(c2nnc3n2-c2ccc(Cl)cc2CN(CCO)C3)CC1. The number of rotatable bonds is 5. The van der Waals surface area contributed by atoms with Crippen LogP contribution in [0.1, 0.15) is 62.7 Å². The number of aromatic nitrogens is 3. The third kappa shape index (κ3) is 4.10. The molecule has 1 aromatic carbocycles. The van der Waals surface area contributed by atoms with Crippen LogP contribution in [0, 0.1) is 0 Å². The van der Waals surface area contributed by atoms with E-state index in [9.17, 15) is 5.11 Å². The molecule has 0 amide bonds. The third-order valence-corrected chi connectivity index (χ3v) is 5.95. The van der Waals surface area contributed by atoms with Gasteiger partial charge in [-0.3, -0.25) is 9.47 Å². The van der Waals surface area contributed by atoms with Gasteiger partial charge in [0.1, 0.15) is 5.82 Å². The molecule has 0 unspecified atom stereocenters. The monoisotopic (exact) mass is 404 g/mol. The van der Waals surface area contributed by atoms with Crippen LogP contribution < -0.4 is 0 Å². The first-order valence-corrected chi connectivity index (χ1v) is 10.6. The maximum Gasteiger partial charge on any atom is 0.151 e. The zero-order valence-electron chi connectivity index (χ0n) is 16.6. The van der Waals surface area contributed by atoms with E-state index in [-0.39, 0.29) is 12.7 Å². The highest BCUT2D eigenvalue weighted by Gasteiger charge is 2.31. The van der Waals surface area contributed by atoms with E-state index in [0.29, 0.717) is 25.1 Å². The number of aliphatic hydroxyl groups excluding tert-OH is 1. The van der Waals surface area contributed by atoms with Crippen molar-refractivity contribution < 1.29 is 9.84 Å². The summed E-state index contributed by atoms with van der Waals surface area (Å²) in [7, 11) is 0. The average molecular weight is 405 g/mol. The van der Waals surface area contributed by atoms with E-state index in [2.05, 4.69) is 39.6 Å². The molecule has 0 radical (unpaired) electrons. The molecular weight excluding hydrogens is 376 g/mol. The summed E-state index contributed by atoms with van der Waals surface area (Å²) in [5.41, 5.74) is 2.26. The lowest BCUT2D eigenvalue weighted by Gasteiger charge is -2.29. The number of halogens is 1. The second-order valence-electron chi connectivity index (χ2n) is 8.18. The molecule has 1 saturated carbocycles. The van der Waals surface area contributed by atoms with Gasteiger partial charge < -0.3 is 9.84 Å². The highest BCUT2D eigenvalue weighted by Crippen LogP contribution is 2.37. The molecule has 4 rings (SSSR count). The highest BCUT2D eigenvalue weighted by atomic mass is 35.5. The van der Waals surface area contributed by atoms with E-state index in [0.717, 1.165) is 60.2 Å². The van der Waals surface area contributed by atoms with Crippen molar-refractivity contribution in [1.82, 2.24) is 19.7 Å². The number of aliphatic hydroxyl groups is 1. The summed E-state index contributed by atoms with van der Waals surface area (Å²) >= 11 is 6.28. The second-order valence-corrected chi connectivity index (χ2v) is 8.61. The van der Waals surface area contributed by atoms with Gasteiger partial charge >= 0.3 is 0 Å². The Kier molecular flexibility index (Phi) is 6.01. The Bertz CT molecular complexity index is 815. The van der Waals surface area contributed by atoms with Crippen molar-refractivity contribution in [3.8, 4) is 5.69 Å². The van der Waals surface area contributed by atoms with Crippen LogP contribution >= 0.6 is 11.6 Å². The number of hydrogen-bond donors (Lipinski definition) is 1. The van der Waals surface area contributed by atoms with Gasteiger partial charge in [-0.15, -0.1) is 10.2 Å². The van der Waals surface area contributed by atoms with E-state index in [1.54, 1.807) is 0 Å². The van der Waals surface area contributed by atoms with Crippen LogP contribution in [0.5, 0.6) is 0 Å². The molecule has 1 aromatic heterocycles. The molecule has 2 aliphatic rings. The Labute approximate surface area is 171 Å². The number of benzene rings is 1. The van der Waals surface area contributed by atoms with Gasteiger partial charge in [-0.2, -0.15) is 0 Å². The molecule has 1 aliphatic heterocycles. The number of nitrogens with zero attached hydrogens (tertiary/aromatic N) is 4. The van der Waals surface area contributed by atoms with Gasteiger partial charge in [0.05, 0.1) is 31.0 Å². The lowest BCUT2D eigenvalue weighted by atomic mass is 9.86. The van der Waals surface area contributed by atoms with Gasteiger partial charge in [0, 0.05) is 24.0 Å². The van der Waals surface area contributed by atoms with E-state index >= 15 is 0 Å². The Morgan fingerprint density at radius 1 is 1.18 bits per heavy atom. The zero-order chi connectivity index (χ0) is 19.7. The normalized spacial score (nSPS) is 22.8. The van der Waals surface area contributed by atoms with E-state index in [1.807, 2.05) is 12.1 Å². The smallest absolute Gasteiger partial charge is 0.151 e. The summed E-state index contributed by atoms with van der Waals surface area (Å²) in [6.45, 7) is 6.35. The van der Waals surface area contributed by atoms with Crippen molar-refractivity contribution in [2.75, 3.05) is 13.2 Å². The second kappa shape index (κ2) is 8.49. The summed E-state index contributed by atoms with van der Waals surface area (Å²) in [6, 6.07) is 6.03. The van der Waals surface area contributed by atoms with Gasteiger partial charge in [-0.05, 0) is 63.3 Å². The zero-order valence-corrected chi connectivity index (χ0v) is 17.4. The highest BCUT2D eigenvalue weighted by molar-refractivity contribution is 6.30. The number of fused-ring (bicyclic) bond motifs is 3. The molecule has 0 spiro atoms. The maximum atomic E-state index is 9.43. The van der Waals surface area contributed by atoms with Crippen LogP contribution in [-0.4, -0.2) is 50.1 Å². The van der Waals surface area contributed by atoms with Crippen molar-refractivity contribution >= 4 is 11.6 Å². The van der Waals surface area contributed by atoms with Crippen LogP contribution in [0.25, 0.3) is 5.69 Å². The quantitative estimate of drug-likeness (QED) is 0.823. The number of ether oxygens (including phenoxy) is 1. The average Bonchev–Trinajstić information content (AvgIpc) is 2.99. The standard InChI is InChI=1S/C21H29ClN4O2/c1-14(2)28-18-6-3-15(4-7-18)21-24-23-20-13-25(9-10-27)12-16-11-17(22)5-8-19(16)26(20)21/h5,8,11,14-15,18,27H,3-4,6-7,9-10,12-13H2,1-2H3. The van der Waals surface area contributed by atoms with Crippen molar-refractivity contribution in [2.45, 2.75) is 70.7 Å². The summed E-state index contributed by atoms with van der Waals surface area (Å²) in [5, 5.41) is 19.3. The van der Waals surface area contributed by atoms with Crippen LogP contribution in [0.3, 0.4) is 0 Å². The Hall–Kier alpha value is -1.47. The topological polar surface area (TPSA) is 63.4 Å². The molecule has 7 heteroatoms. The van der Waals surface area contributed by atoms with Crippen molar-refractivity contribution in [3.05, 3.63) is 40.4 Å². The van der Waals surface area contributed by atoms with Crippen molar-refractivity contribution in [2.24, 2.45) is 0 Å². The fourth-order valence-corrected chi connectivity index (χ4v) is 4.69. The minimum absolute atomic E-state index is 0.122. The van der Waals surface area contributed by atoms with Crippen LogP contribution in [-0.2, 0) is 17.8 Å². The van der Waals surface area contributed by atoms with E-state index in [4.69, 9.17) is 16.3 Å². The van der Waals surface area contributed by atoms with Gasteiger partial charge in [0.15, 0.2) is 5.82 Å². The minimum atomic E-state index is 0.122. The van der Waals surface area contributed by atoms with Gasteiger partial charge in [0.2, 0.25) is 0 Å². The molecular formula is C21H29ClN4O2. The molecule has 0 saturated heterocycles. The van der Waals surface area contributed by atoms with Crippen LogP contribution in [0.4, 0.5) is 0 Å². The molecule has 2 aromatic rings. The third-order valence-electron chi connectivity index (χ3n) is 5.72. The maximum absolute atomic E-state index is 9.43. The number of β-amino-alcohol motifs (C(OH)–C–C–N with tert-alkyl or cyclic N) is 1. The first-order valence-electron chi connectivity index (χ1n) is 10.3. The summed E-state index contributed by atoms with van der Waals surface area (Å²) < 4.78 is 8.25. The molecule has 0 bridgehead atoms. The molecule has 1 N–H and O–H groups in total. The largest absolute Gasteiger partial charge is 0.395 e. The van der Waals surface area contributed by atoms with Crippen molar-refractivity contribution in [1.29, 1.82) is 0 Å². The molecule has 6 nitrogen and oxygen atoms in total. The van der Waals surface area contributed by atoms with Crippen molar-refractivity contribution in [3.63, 3.8) is 0 Å². The molecule has 28 heavy (non-hydrogen) atoms. The minimum Gasteiger partial charge on any atom is -0.395 e. The molecule has 1 fully saturated rings. The Morgan fingerprint density at radius 3 is 2.68 bits per heavy atom. The predicted molar refractivity (Wildman–Crippen MR) is 109 cm³/mol. The molecule has 152 valence electrons. The summed E-state index contributed by atoms with van der Waals surface area (Å²) in [4.78, 5) is 2.19. The van der Waals surface area contributed by atoms with Gasteiger partial charge in [0.25, 0.3) is 0 Å². The first kappa shape index (κ1) is 19.8. The Morgan fingerprint density at radius 2 is 1.96 bits per heavy atom. The van der Waals surface area contributed by atoms with E-state index in [1.165, 1.54) is 0 Å². The molecule has 2 heterocycles. The summed E-state index contributed by atoms with van der Waals surface area (Å²) in [5.74, 6) is 2.37. The lowest BCUT2D eigenvalue weighted by molar-refractivity contribution is -0.0151. The fraction of sp³-hybridized carbons (Fsp3) is 0.619. The molecule has 1 aliphatic carbocycles. The summed E-state index contributed by atoms with van der Waals surface area (Å²) in [6.07, 6.45) is 4.90. The first-order chi connectivity index (χ1) is 13.5. The number of hydrogen-bond acceptors (Lipinski definition) is 5. The lowest BCUT2D eigenvalue weighted by Crippen LogP contribution is -2.25. The fourth-order valence-electron chi connectivity index (χ4n) is 4.50. The van der Waals surface area contributed by atoms with E-state index < -0.39 is 0 Å².